The zero-order valence-electron chi connectivity index (χ0n) is 17.5. The van der Waals surface area contributed by atoms with Gasteiger partial charge in [-0.3, -0.25) is 19.3 Å². The molecule has 0 aliphatic carbocycles. The Labute approximate surface area is 189 Å². The second-order valence-electron chi connectivity index (χ2n) is 7.98. The summed E-state index contributed by atoms with van der Waals surface area (Å²) in [5.74, 6) is -1.75. The molecule has 8 heteroatoms. The average Bonchev–Trinajstić information content (AvgIpc) is 3.32. The Morgan fingerprint density at radius 1 is 0.969 bits per heavy atom. The molecule has 32 heavy (non-hydrogen) atoms. The van der Waals surface area contributed by atoms with Crippen LogP contribution in [-0.2, 0) is 14.3 Å². The van der Waals surface area contributed by atoms with Gasteiger partial charge in [0.15, 0.2) is 0 Å². The molecule has 3 heterocycles. The van der Waals surface area contributed by atoms with Crippen LogP contribution in [0.1, 0.15) is 51.3 Å². The van der Waals surface area contributed by atoms with Gasteiger partial charge in [0, 0.05) is 0 Å². The van der Waals surface area contributed by atoms with Crippen molar-refractivity contribution in [2.45, 2.75) is 42.5 Å². The van der Waals surface area contributed by atoms with Crippen LogP contribution >= 0.6 is 11.8 Å². The van der Waals surface area contributed by atoms with E-state index in [1.54, 1.807) is 47.9 Å². The highest BCUT2D eigenvalue weighted by Gasteiger charge is 2.55. The fourth-order valence-electron chi connectivity index (χ4n) is 4.82. The van der Waals surface area contributed by atoms with Gasteiger partial charge in [0.05, 0.1) is 28.4 Å². The van der Waals surface area contributed by atoms with E-state index in [2.05, 4.69) is 0 Å². The molecule has 5 rings (SSSR count). The summed E-state index contributed by atoms with van der Waals surface area (Å²) >= 11 is 1.56. The molecule has 0 aromatic heterocycles. The lowest BCUT2D eigenvalue weighted by molar-refractivity contribution is -0.157. The minimum atomic E-state index is -0.925. The number of hydrogen-bond acceptors (Lipinski definition) is 6. The number of carbonyl (C=O) groups is 4. The quantitative estimate of drug-likeness (QED) is 0.526. The maximum absolute atomic E-state index is 13.7. The molecule has 0 N–H and O–H groups in total. The summed E-state index contributed by atoms with van der Waals surface area (Å²) in [5.41, 5.74) is 1.56. The third-order valence-electron chi connectivity index (χ3n) is 6.22. The number of hydrogen-bond donors (Lipinski definition) is 0. The fraction of sp³-hybridized carbons (Fsp3) is 0.333. The molecule has 0 unspecified atom stereocenters. The van der Waals surface area contributed by atoms with Crippen LogP contribution in [0.25, 0.3) is 0 Å². The van der Waals surface area contributed by atoms with Gasteiger partial charge >= 0.3 is 5.97 Å². The number of nitrogens with zero attached hydrogens (tertiary/aromatic N) is 2. The minimum absolute atomic E-state index is 0.204. The smallest absolute Gasteiger partial charge is 0.330 e. The fourth-order valence-corrected chi connectivity index (χ4v) is 6.50. The van der Waals surface area contributed by atoms with E-state index in [-0.39, 0.29) is 23.1 Å². The number of imide groups is 1. The summed E-state index contributed by atoms with van der Waals surface area (Å²) in [6, 6.07) is 14.5. The molecule has 2 aromatic carbocycles. The molecule has 7 nitrogen and oxygen atoms in total. The van der Waals surface area contributed by atoms with Crippen molar-refractivity contribution in [2.24, 2.45) is 0 Å². The van der Waals surface area contributed by atoms with E-state index >= 15 is 0 Å². The Morgan fingerprint density at radius 3 is 2.22 bits per heavy atom. The van der Waals surface area contributed by atoms with E-state index in [9.17, 15) is 19.2 Å². The Hall–Kier alpha value is -3.13. The summed E-state index contributed by atoms with van der Waals surface area (Å²) in [5, 5.41) is -0.487. The van der Waals surface area contributed by atoms with Gasteiger partial charge in [-0.05, 0) is 37.5 Å². The lowest BCUT2D eigenvalue weighted by Crippen LogP contribution is -2.59. The maximum atomic E-state index is 13.7. The number of esters is 1. The zero-order chi connectivity index (χ0) is 22.4. The molecule has 2 fully saturated rings. The third kappa shape index (κ3) is 3.12. The van der Waals surface area contributed by atoms with Gasteiger partial charge in [0.1, 0.15) is 12.1 Å². The summed E-state index contributed by atoms with van der Waals surface area (Å²) in [4.78, 5) is 55.3. The van der Waals surface area contributed by atoms with Crippen LogP contribution < -0.4 is 0 Å². The molecule has 4 atom stereocenters. The van der Waals surface area contributed by atoms with E-state index in [1.807, 2.05) is 30.3 Å². The summed E-state index contributed by atoms with van der Waals surface area (Å²) in [6.07, 6.45) is 0.948. The summed E-state index contributed by atoms with van der Waals surface area (Å²) in [7, 11) is 0. The normalized spacial score (nSPS) is 26.8. The van der Waals surface area contributed by atoms with E-state index < -0.39 is 29.9 Å². The first-order valence-electron chi connectivity index (χ1n) is 10.7. The topological polar surface area (TPSA) is 84.0 Å². The van der Waals surface area contributed by atoms with Crippen LogP contribution in [0.2, 0.25) is 0 Å². The van der Waals surface area contributed by atoms with Gasteiger partial charge in [-0.15, -0.1) is 11.8 Å². The highest BCUT2D eigenvalue weighted by molar-refractivity contribution is 8.00. The van der Waals surface area contributed by atoms with Gasteiger partial charge in [-0.1, -0.05) is 42.5 Å². The first kappa shape index (κ1) is 20.8. The van der Waals surface area contributed by atoms with E-state index in [0.717, 1.165) is 10.5 Å². The van der Waals surface area contributed by atoms with Crippen molar-refractivity contribution in [2.75, 3.05) is 6.61 Å². The predicted molar refractivity (Wildman–Crippen MR) is 118 cm³/mol. The highest BCUT2D eigenvalue weighted by atomic mass is 32.2. The van der Waals surface area contributed by atoms with Crippen LogP contribution in [0.3, 0.4) is 0 Å². The Balaban J connectivity index is 1.49. The Kier molecular flexibility index (Phi) is 5.25. The molecule has 0 spiro atoms. The summed E-state index contributed by atoms with van der Waals surface area (Å²) < 4.78 is 5.33. The number of rotatable bonds is 4. The second-order valence-corrected chi connectivity index (χ2v) is 9.31. The number of fused-ring (bicyclic) bond motifs is 2. The lowest BCUT2D eigenvalue weighted by Gasteiger charge is -2.39. The second kappa shape index (κ2) is 8.09. The largest absolute Gasteiger partial charge is 0.464 e. The van der Waals surface area contributed by atoms with Gasteiger partial charge < -0.3 is 9.64 Å². The molecule has 0 bridgehead atoms. The molecule has 0 saturated carbocycles. The van der Waals surface area contributed by atoms with Crippen LogP contribution in [0, 0.1) is 0 Å². The molecule has 2 saturated heterocycles. The predicted octanol–water partition coefficient (Wildman–Crippen LogP) is 3.02. The molecule has 3 aliphatic heterocycles. The average molecular weight is 451 g/mol. The first-order valence-corrected chi connectivity index (χ1v) is 11.6. The van der Waals surface area contributed by atoms with Crippen LogP contribution in [0.5, 0.6) is 0 Å². The number of benzene rings is 2. The van der Waals surface area contributed by atoms with E-state index in [0.29, 0.717) is 24.0 Å². The monoisotopic (exact) mass is 450 g/mol. The highest BCUT2D eigenvalue weighted by Crippen LogP contribution is 2.50. The van der Waals surface area contributed by atoms with E-state index in [4.69, 9.17) is 4.74 Å². The van der Waals surface area contributed by atoms with Crippen molar-refractivity contribution in [1.82, 2.24) is 9.80 Å². The number of amides is 3. The SMILES string of the molecule is CCOC(=O)[C@@H]1[C@H](c2ccccc2)S[C@@H]2CC[C@H](N3C(=O)c4ccccc4C3=O)C(=O)N12. The number of thioether (sulfide) groups is 1. The van der Waals surface area contributed by atoms with Gasteiger partial charge in [0.25, 0.3) is 11.8 Å². The van der Waals surface area contributed by atoms with Crippen molar-refractivity contribution in [3.05, 3.63) is 71.3 Å². The Bertz CT molecular complexity index is 1070. The van der Waals surface area contributed by atoms with Gasteiger partial charge in [-0.2, -0.15) is 0 Å². The van der Waals surface area contributed by atoms with Crippen molar-refractivity contribution < 1.29 is 23.9 Å². The number of carbonyl (C=O) groups excluding carboxylic acids is 4. The van der Waals surface area contributed by atoms with Crippen molar-refractivity contribution in [3.63, 3.8) is 0 Å². The Morgan fingerprint density at radius 2 is 1.59 bits per heavy atom. The van der Waals surface area contributed by atoms with Crippen LogP contribution in [0.4, 0.5) is 0 Å². The molecular formula is C24H22N2O5S. The lowest BCUT2D eigenvalue weighted by atomic mass is 9.97. The number of piperidine rings is 1. The van der Waals surface area contributed by atoms with Crippen LogP contribution in [-0.4, -0.2) is 57.6 Å². The maximum Gasteiger partial charge on any atom is 0.330 e. The first-order chi connectivity index (χ1) is 15.5. The molecule has 3 aliphatic rings. The molecule has 3 amide bonds. The standard InChI is InChI=1S/C24H22N2O5S/c1-2-31-24(30)19-20(14-8-4-3-5-9-14)32-18-13-12-17(23(29)26(18)19)25-21(27)15-10-6-7-11-16(15)22(25)28/h3-11,17-20H,2,12-13H2,1H3/t17-,18+,19-,20-/m0/s1. The summed E-state index contributed by atoms with van der Waals surface area (Å²) in [6.45, 7) is 1.94. The minimum Gasteiger partial charge on any atom is -0.464 e. The van der Waals surface area contributed by atoms with Crippen molar-refractivity contribution >= 4 is 35.5 Å². The van der Waals surface area contributed by atoms with Gasteiger partial charge in [-0.25, -0.2) is 4.79 Å². The van der Waals surface area contributed by atoms with Crippen molar-refractivity contribution in [3.8, 4) is 0 Å². The van der Waals surface area contributed by atoms with E-state index in [1.165, 1.54) is 0 Å². The van der Waals surface area contributed by atoms with Gasteiger partial charge in [0.2, 0.25) is 5.91 Å². The zero-order valence-corrected chi connectivity index (χ0v) is 18.3. The molecular weight excluding hydrogens is 428 g/mol. The molecule has 2 aromatic rings. The number of ether oxygens (including phenoxy) is 1. The third-order valence-corrected chi connectivity index (χ3v) is 7.82. The van der Waals surface area contributed by atoms with Crippen molar-refractivity contribution in [1.29, 1.82) is 0 Å². The van der Waals surface area contributed by atoms with Crippen LogP contribution in [0.15, 0.2) is 54.6 Å². The molecule has 0 radical (unpaired) electrons. The molecule has 164 valence electrons.